The van der Waals surface area contributed by atoms with Gasteiger partial charge in [-0.1, -0.05) is 132 Å². The summed E-state index contributed by atoms with van der Waals surface area (Å²) in [5, 5.41) is 55.6. The van der Waals surface area contributed by atoms with Gasteiger partial charge in [0.05, 0.1) is 33.9 Å². The first kappa shape index (κ1) is 64.8. The molecule has 9 aromatic rings. The fourth-order valence-electron chi connectivity index (χ4n) is 10.8. The summed E-state index contributed by atoms with van der Waals surface area (Å²) in [4.78, 5) is 50.3. The molecule has 0 radical (unpaired) electrons. The van der Waals surface area contributed by atoms with Crippen molar-refractivity contribution < 1.29 is 61.9 Å². The maximum absolute atomic E-state index is 12.5. The number of aliphatic carboxylic acids is 1. The summed E-state index contributed by atoms with van der Waals surface area (Å²) >= 11 is 0. The average molecular weight is 1250 g/mol. The topological polar surface area (TPSA) is 281 Å². The van der Waals surface area contributed by atoms with Gasteiger partial charge in [0, 0.05) is 45.8 Å². The van der Waals surface area contributed by atoms with Crippen molar-refractivity contribution in [2.75, 3.05) is 61.7 Å². The van der Waals surface area contributed by atoms with E-state index in [9.17, 15) is 32.7 Å². The van der Waals surface area contributed by atoms with Gasteiger partial charge in [-0.25, -0.2) is 28.5 Å². The molecule has 91 heavy (non-hydrogen) atoms. The number of methoxy groups -OCH3 is 2. The summed E-state index contributed by atoms with van der Waals surface area (Å²) in [5.41, 5.74) is 12.9. The molecule has 4 aliphatic heterocycles. The van der Waals surface area contributed by atoms with Crippen LogP contribution in [0.15, 0.2) is 146 Å². The first-order valence-electron chi connectivity index (χ1n) is 29.2. The predicted octanol–water partition coefficient (Wildman–Crippen LogP) is 8.70. The molecule has 0 spiro atoms. The number of rotatable bonds is 13. The van der Waals surface area contributed by atoms with E-state index in [0.29, 0.717) is 56.8 Å². The normalized spacial score (nSPS) is 13.6. The zero-order valence-electron chi connectivity index (χ0n) is 50.2. The van der Waals surface area contributed by atoms with Gasteiger partial charge in [-0.2, -0.15) is 18.4 Å². The van der Waals surface area contributed by atoms with Crippen molar-refractivity contribution in [1.29, 1.82) is 0 Å². The number of hydrogen-bond donors (Lipinski definition) is 5. The predicted molar refractivity (Wildman–Crippen MR) is 330 cm³/mol. The molecule has 0 fully saturated rings. The number of carbonyl (C=O) groups is 4. The molecule has 0 aliphatic carbocycles. The van der Waals surface area contributed by atoms with Gasteiger partial charge in [-0.15, -0.1) is 20.4 Å². The molecule has 6 aromatic carbocycles. The van der Waals surface area contributed by atoms with Gasteiger partial charge in [-0.05, 0) is 119 Å². The maximum atomic E-state index is 12.5. The minimum Gasteiger partial charge on any atom is -0.497 e. The largest absolute Gasteiger partial charge is 0.497 e. The van der Waals surface area contributed by atoms with Crippen molar-refractivity contribution in [3.05, 3.63) is 218 Å². The second-order valence-corrected chi connectivity index (χ2v) is 21.2. The third-order valence-electron chi connectivity index (χ3n) is 15.3. The molecule has 13 rings (SSSR count). The van der Waals surface area contributed by atoms with Crippen molar-refractivity contribution in [3.63, 3.8) is 0 Å². The number of esters is 1. The van der Waals surface area contributed by atoms with E-state index in [-0.39, 0.29) is 17.1 Å². The third-order valence-corrected chi connectivity index (χ3v) is 15.3. The molecule has 474 valence electrons. The van der Waals surface area contributed by atoms with Crippen LogP contribution in [0.5, 0.6) is 11.5 Å². The molecule has 0 amide bonds. The second-order valence-electron chi connectivity index (χ2n) is 21.2. The van der Waals surface area contributed by atoms with Gasteiger partial charge in [0.15, 0.2) is 17.5 Å². The third kappa shape index (κ3) is 16.8. The Morgan fingerprint density at radius 2 is 0.912 bits per heavy atom. The van der Waals surface area contributed by atoms with Crippen molar-refractivity contribution >= 4 is 41.3 Å². The first-order valence-corrected chi connectivity index (χ1v) is 29.2. The Morgan fingerprint density at radius 1 is 0.516 bits per heavy atom. The SMILES string of the molecule is CCOC(=O)c1nnn(Cc2ccc(OC)cc2)c1N1CCc2ccccc2C1.COc1ccc(Cn2nnc(C(=O)O)c2N2CCc3ccccc3C2)cc1.O=C(O)C(F)(F)F.O=C(O)c1n[nH]nc1N1CCc2ccccc2C1.c1ccc2c(c1)CCNC2. The number of anilines is 3. The van der Waals surface area contributed by atoms with Gasteiger partial charge in [-0.3, -0.25) is 0 Å². The van der Waals surface area contributed by atoms with E-state index in [1.165, 1.54) is 50.9 Å². The van der Waals surface area contributed by atoms with Crippen molar-refractivity contribution in [1.82, 2.24) is 50.7 Å². The lowest BCUT2D eigenvalue weighted by molar-refractivity contribution is -0.192. The number of carboxylic acids is 3. The van der Waals surface area contributed by atoms with Crippen LogP contribution in [0.2, 0.25) is 0 Å². The molecule has 0 saturated heterocycles. The number of aromatic amines is 1. The van der Waals surface area contributed by atoms with E-state index in [1.807, 2.05) is 83.8 Å². The number of H-pyrrole nitrogens is 1. The number of alkyl halides is 3. The highest BCUT2D eigenvalue weighted by Gasteiger charge is 2.38. The minimum atomic E-state index is -5.08. The number of nitrogens with one attached hydrogen (secondary N) is 2. The van der Waals surface area contributed by atoms with Gasteiger partial charge in [0.1, 0.15) is 11.5 Å². The first-order chi connectivity index (χ1) is 44.0. The highest BCUT2D eigenvalue weighted by Crippen LogP contribution is 2.31. The lowest BCUT2D eigenvalue weighted by Crippen LogP contribution is -2.33. The monoisotopic (exact) mass is 1250 g/mol. The summed E-state index contributed by atoms with van der Waals surface area (Å²) in [5.74, 6) is -2.08. The number of aromatic carboxylic acids is 2. The van der Waals surface area contributed by atoms with E-state index in [2.05, 4.69) is 118 Å². The molecule has 7 heterocycles. The van der Waals surface area contributed by atoms with Gasteiger partial charge in [0.25, 0.3) is 0 Å². The summed E-state index contributed by atoms with van der Waals surface area (Å²) < 4.78 is 50.8. The number of ether oxygens (including phenoxy) is 3. The van der Waals surface area contributed by atoms with Gasteiger partial charge >= 0.3 is 30.1 Å². The Hall–Kier alpha value is -10.6. The Kier molecular flexibility index (Phi) is 21.7. The highest BCUT2D eigenvalue weighted by atomic mass is 19.4. The molecule has 4 aliphatic rings. The van der Waals surface area contributed by atoms with Crippen molar-refractivity contribution in [3.8, 4) is 11.5 Å². The maximum Gasteiger partial charge on any atom is 0.490 e. The molecule has 0 saturated carbocycles. The average Bonchev–Trinajstić information content (AvgIpc) is 1.75. The molecule has 5 N–H and O–H groups in total. The number of halogens is 3. The number of carboxylic acid groups (broad SMARTS) is 3. The van der Waals surface area contributed by atoms with Crippen LogP contribution in [0.25, 0.3) is 0 Å². The van der Waals surface area contributed by atoms with Crippen LogP contribution in [0.3, 0.4) is 0 Å². The van der Waals surface area contributed by atoms with Crippen molar-refractivity contribution in [2.24, 2.45) is 0 Å². The number of aromatic nitrogens is 9. The van der Waals surface area contributed by atoms with E-state index in [0.717, 1.165) is 74.6 Å². The molecular formula is C65H68F3N13O10. The van der Waals surface area contributed by atoms with Crippen LogP contribution in [-0.4, -0.2) is 138 Å². The zero-order chi connectivity index (χ0) is 64.4. The number of fused-ring (bicyclic) bond motifs is 4. The Balaban J connectivity index is 0.000000145. The van der Waals surface area contributed by atoms with Gasteiger partial charge in [0.2, 0.25) is 17.1 Å². The van der Waals surface area contributed by atoms with E-state index >= 15 is 0 Å². The quantitative estimate of drug-likeness (QED) is 0.0675. The standard InChI is InChI=1S/C22H24N4O3.C20H20N4O3.C12H12N4O2.C9H11N.C2HF3O2/c1-3-29-22(27)20-21(25-13-12-17-6-4-5-7-18(17)15-25)26(24-23-20)14-16-8-10-19(28-2)11-9-16;1-27-17-8-6-14(7-9-17)12-24-19(18(20(25)26)21-22-24)23-11-10-15-4-2-3-5-16(15)13-23;17-12(18)10-11(14-15-13-10)16-6-5-8-3-1-2-4-9(8)7-16;1-2-4-9-7-10-6-5-8(9)3-1;3-2(4,5)1(6)7/h4-11H,3,12-15H2,1-2H3;2-9H,10-13H2,1H3,(H,25,26);1-4H,5-7H2,(H,17,18)(H,13,14,15);1-4,10H,5-7H2;(H,6,7). The molecule has 0 bridgehead atoms. The summed E-state index contributed by atoms with van der Waals surface area (Å²) in [6, 6.07) is 48.9. The Labute approximate surface area is 521 Å². The van der Waals surface area contributed by atoms with E-state index < -0.39 is 30.1 Å². The van der Waals surface area contributed by atoms with Crippen LogP contribution in [-0.2, 0) is 74.5 Å². The Bertz CT molecular complexity index is 3910. The van der Waals surface area contributed by atoms with Crippen LogP contribution < -0.4 is 29.5 Å². The summed E-state index contributed by atoms with van der Waals surface area (Å²) in [6.07, 6.45) is -1.23. The van der Waals surface area contributed by atoms with E-state index in [1.54, 1.807) is 30.5 Å². The van der Waals surface area contributed by atoms with E-state index in [4.69, 9.17) is 29.2 Å². The van der Waals surface area contributed by atoms with Crippen molar-refractivity contribution in [2.45, 2.75) is 78.1 Å². The lowest BCUT2D eigenvalue weighted by Gasteiger charge is -2.30. The highest BCUT2D eigenvalue weighted by molar-refractivity contribution is 5.93. The lowest BCUT2D eigenvalue weighted by atomic mass is 10.00. The van der Waals surface area contributed by atoms with Crippen LogP contribution in [0.4, 0.5) is 30.6 Å². The molecular weight excluding hydrogens is 1180 g/mol. The number of benzene rings is 6. The smallest absolute Gasteiger partial charge is 0.490 e. The fraction of sp³-hybridized carbons (Fsp3) is 0.292. The minimum absolute atomic E-state index is 0.0112. The molecule has 3 aromatic heterocycles. The van der Waals surface area contributed by atoms with Crippen LogP contribution in [0.1, 0.15) is 94.0 Å². The molecule has 0 atom stereocenters. The second kappa shape index (κ2) is 30.5. The fourth-order valence-corrected chi connectivity index (χ4v) is 10.8. The number of nitrogens with zero attached hydrogens (tertiary/aromatic N) is 11. The van der Waals surface area contributed by atoms with Crippen LogP contribution >= 0.6 is 0 Å². The molecule has 0 unspecified atom stereocenters. The van der Waals surface area contributed by atoms with Gasteiger partial charge < -0.3 is 49.5 Å². The summed E-state index contributed by atoms with van der Waals surface area (Å²) in [6.45, 7) is 9.52. The zero-order valence-corrected chi connectivity index (χ0v) is 50.2. The number of hydrogen-bond acceptors (Lipinski definition) is 17. The molecule has 26 heteroatoms. The van der Waals surface area contributed by atoms with Crippen LogP contribution in [0, 0.1) is 0 Å². The summed E-state index contributed by atoms with van der Waals surface area (Å²) in [7, 11) is 3.27. The molecule has 23 nitrogen and oxygen atoms in total. The Morgan fingerprint density at radius 3 is 1.33 bits per heavy atom. The number of carbonyl (C=O) groups excluding carboxylic acids is 1.